The van der Waals surface area contributed by atoms with E-state index in [0.717, 1.165) is 5.56 Å². The first kappa shape index (κ1) is 23.0. The fourth-order valence-electron chi connectivity index (χ4n) is 2.62. The Bertz CT molecular complexity index is 983. The van der Waals surface area contributed by atoms with Gasteiger partial charge in [0.05, 0.1) is 17.1 Å². The quantitative estimate of drug-likeness (QED) is 0.420. The lowest BCUT2D eigenvalue weighted by Crippen LogP contribution is -2.27. The lowest BCUT2D eigenvalue weighted by Gasteiger charge is -2.15. The van der Waals surface area contributed by atoms with Gasteiger partial charge in [0.15, 0.2) is 18.1 Å². The van der Waals surface area contributed by atoms with E-state index >= 15 is 0 Å². The van der Waals surface area contributed by atoms with Gasteiger partial charge in [-0.15, -0.1) is 0 Å². The summed E-state index contributed by atoms with van der Waals surface area (Å²) in [6.45, 7) is 3.40. The summed E-state index contributed by atoms with van der Waals surface area (Å²) in [7, 11) is 0. The number of aliphatic carboxylic acids is 1. The number of carbonyl (C=O) groups is 2. The van der Waals surface area contributed by atoms with E-state index < -0.39 is 18.5 Å². The number of hydrogen-bond acceptors (Lipinski definition) is 5. The van der Waals surface area contributed by atoms with Gasteiger partial charge in [0.25, 0.3) is 5.91 Å². The van der Waals surface area contributed by atoms with E-state index in [1.807, 2.05) is 43.3 Å². The van der Waals surface area contributed by atoms with Crippen molar-refractivity contribution < 1.29 is 24.2 Å². The molecule has 0 saturated heterocycles. The third-order valence-corrected chi connectivity index (χ3v) is 4.58. The van der Waals surface area contributed by atoms with Crippen molar-refractivity contribution in [3.05, 3.63) is 63.6 Å². The Kier molecular flexibility index (Phi) is 8.44. The third kappa shape index (κ3) is 6.36. The Morgan fingerprint density at radius 3 is 2.57 bits per heavy atom. The number of carbonyl (C=O) groups excluding carboxylic acids is 1. The Labute approximate surface area is 183 Å². The predicted molar refractivity (Wildman–Crippen MR) is 115 cm³/mol. The second-order valence-electron chi connectivity index (χ2n) is 6.22. The highest BCUT2D eigenvalue weighted by Crippen LogP contribution is 2.37. The van der Waals surface area contributed by atoms with Crippen LogP contribution in [0.25, 0.3) is 6.08 Å². The minimum Gasteiger partial charge on any atom is -0.490 e. The first-order valence-corrected chi connectivity index (χ1v) is 9.93. The number of amides is 1. The minimum absolute atomic E-state index is 0.0775. The van der Waals surface area contributed by atoms with E-state index in [4.69, 9.17) is 14.6 Å². The molecule has 0 unspecified atom stereocenters. The molecular weight excluding hydrogens is 452 g/mol. The monoisotopic (exact) mass is 472 g/mol. The second kappa shape index (κ2) is 11.0. The molecule has 0 radical (unpaired) electrons. The van der Waals surface area contributed by atoms with Crippen LogP contribution in [0, 0.1) is 11.3 Å². The molecular formula is C22H21BrN2O5. The van der Waals surface area contributed by atoms with Gasteiger partial charge in [-0.05, 0) is 59.1 Å². The van der Waals surface area contributed by atoms with Crippen molar-refractivity contribution in [2.45, 2.75) is 19.9 Å². The van der Waals surface area contributed by atoms with E-state index in [9.17, 15) is 14.9 Å². The molecule has 2 aromatic rings. The Morgan fingerprint density at radius 1 is 1.27 bits per heavy atom. The van der Waals surface area contributed by atoms with Gasteiger partial charge in [-0.25, -0.2) is 4.79 Å². The summed E-state index contributed by atoms with van der Waals surface area (Å²) in [4.78, 5) is 23.4. The number of nitrogens with zero attached hydrogens (tertiary/aromatic N) is 1. The lowest BCUT2D eigenvalue weighted by atomic mass is 10.1. The average molecular weight is 473 g/mol. The number of carboxylic acids is 1. The maximum Gasteiger partial charge on any atom is 0.341 e. The highest BCUT2D eigenvalue weighted by molar-refractivity contribution is 9.10. The minimum atomic E-state index is -1.12. The number of rotatable bonds is 9. The molecule has 2 N–H and O–H groups in total. The maximum atomic E-state index is 12.6. The van der Waals surface area contributed by atoms with Crippen LogP contribution in [0.5, 0.6) is 11.5 Å². The highest BCUT2D eigenvalue weighted by atomic mass is 79.9. The number of nitriles is 1. The van der Waals surface area contributed by atoms with E-state index in [0.29, 0.717) is 22.4 Å². The first-order valence-electron chi connectivity index (χ1n) is 9.14. The molecule has 0 aliphatic rings. The van der Waals surface area contributed by atoms with Gasteiger partial charge in [-0.1, -0.05) is 30.3 Å². The fourth-order valence-corrected chi connectivity index (χ4v) is 3.20. The summed E-state index contributed by atoms with van der Waals surface area (Å²) < 4.78 is 11.3. The summed E-state index contributed by atoms with van der Waals surface area (Å²) in [6.07, 6.45) is 1.43. The number of benzene rings is 2. The van der Waals surface area contributed by atoms with Crippen LogP contribution in [-0.4, -0.2) is 30.2 Å². The molecule has 0 fully saturated rings. The number of halogens is 1. The van der Waals surface area contributed by atoms with E-state index in [-0.39, 0.29) is 17.4 Å². The van der Waals surface area contributed by atoms with Crippen LogP contribution in [0.2, 0.25) is 0 Å². The third-order valence-electron chi connectivity index (χ3n) is 3.99. The van der Waals surface area contributed by atoms with Gasteiger partial charge in [0, 0.05) is 0 Å². The number of hydrogen-bond donors (Lipinski definition) is 2. The normalized spacial score (nSPS) is 11.9. The zero-order chi connectivity index (χ0) is 22.1. The molecule has 0 bridgehead atoms. The summed E-state index contributed by atoms with van der Waals surface area (Å²) >= 11 is 3.33. The fraction of sp³-hybridized carbons (Fsp3) is 0.227. The van der Waals surface area contributed by atoms with Crippen LogP contribution in [0.3, 0.4) is 0 Å². The second-order valence-corrected chi connectivity index (χ2v) is 7.08. The highest BCUT2D eigenvalue weighted by Gasteiger charge is 2.16. The summed E-state index contributed by atoms with van der Waals surface area (Å²) in [5.41, 5.74) is 1.36. The molecule has 1 amide bonds. The van der Waals surface area contributed by atoms with Crippen LogP contribution in [0.4, 0.5) is 0 Å². The van der Waals surface area contributed by atoms with Crippen molar-refractivity contribution in [1.82, 2.24) is 5.32 Å². The molecule has 7 nitrogen and oxygen atoms in total. The van der Waals surface area contributed by atoms with E-state index in [1.165, 1.54) is 6.08 Å². The van der Waals surface area contributed by atoms with Crippen LogP contribution in [-0.2, 0) is 9.59 Å². The van der Waals surface area contributed by atoms with Gasteiger partial charge in [-0.2, -0.15) is 5.26 Å². The smallest absolute Gasteiger partial charge is 0.341 e. The largest absolute Gasteiger partial charge is 0.490 e. The standard InChI is InChI=1S/C22H21BrN2O5/c1-3-29-19-11-15(10-18(23)21(19)30-13-20(26)27)9-17(12-24)22(28)25-14(2)16-7-5-4-6-8-16/h4-11,14H,3,13H2,1-2H3,(H,25,28)(H,26,27)/b17-9+/t14-/m1/s1. The summed E-state index contributed by atoms with van der Waals surface area (Å²) in [6, 6.07) is 14.3. The Balaban J connectivity index is 2.28. The molecule has 0 aliphatic carbocycles. The molecule has 0 saturated carbocycles. The van der Waals surface area contributed by atoms with E-state index in [1.54, 1.807) is 19.1 Å². The van der Waals surface area contributed by atoms with E-state index in [2.05, 4.69) is 21.2 Å². The van der Waals surface area contributed by atoms with Crippen molar-refractivity contribution in [3.8, 4) is 17.6 Å². The summed E-state index contributed by atoms with van der Waals surface area (Å²) in [5, 5.41) is 21.1. The first-order chi connectivity index (χ1) is 14.3. The SMILES string of the molecule is CCOc1cc(/C=C(\C#N)C(=O)N[C@H](C)c2ccccc2)cc(Br)c1OCC(=O)O. The van der Waals surface area contributed by atoms with Gasteiger partial charge < -0.3 is 19.9 Å². The van der Waals surface area contributed by atoms with Crippen molar-refractivity contribution in [2.24, 2.45) is 0 Å². The summed E-state index contributed by atoms with van der Waals surface area (Å²) in [5.74, 6) is -1.09. The zero-order valence-electron chi connectivity index (χ0n) is 16.5. The molecule has 8 heteroatoms. The van der Waals surface area contributed by atoms with Crippen LogP contribution >= 0.6 is 15.9 Å². The Hall–Kier alpha value is -3.31. The predicted octanol–water partition coefficient (Wildman–Crippen LogP) is 4.10. The number of ether oxygens (including phenoxy) is 2. The number of nitrogens with one attached hydrogen (secondary N) is 1. The number of carboxylic acid groups (broad SMARTS) is 1. The van der Waals surface area contributed by atoms with Gasteiger partial charge >= 0.3 is 5.97 Å². The van der Waals surface area contributed by atoms with Gasteiger partial charge in [-0.3, -0.25) is 4.79 Å². The molecule has 2 aromatic carbocycles. The molecule has 156 valence electrons. The van der Waals surface area contributed by atoms with Crippen molar-refractivity contribution >= 4 is 33.9 Å². The molecule has 0 spiro atoms. The van der Waals surface area contributed by atoms with Crippen molar-refractivity contribution in [1.29, 1.82) is 5.26 Å². The molecule has 2 rings (SSSR count). The molecule has 0 aromatic heterocycles. The Morgan fingerprint density at radius 2 is 1.97 bits per heavy atom. The zero-order valence-corrected chi connectivity index (χ0v) is 18.1. The van der Waals surface area contributed by atoms with Crippen LogP contribution < -0.4 is 14.8 Å². The van der Waals surface area contributed by atoms with Crippen LogP contribution in [0.1, 0.15) is 31.0 Å². The topological polar surface area (TPSA) is 109 Å². The van der Waals surface area contributed by atoms with Crippen molar-refractivity contribution in [2.75, 3.05) is 13.2 Å². The molecule has 0 heterocycles. The van der Waals surface area contributed by atoms with Crippen molar-refractivity contribution in [3.63, 3.8) is 0 Å². The molecule has 1 atom stereocenters. The maximum absolute atomic E-state index is 12.6. The average Bonchev–Trinajstić information content (AvgIpc) is 2.72. The lowest BCUT2D eigenvalue weighted by molar-refractivity contribution is -0.139. The van der Waals surface area contributed by atoms with Gasteiger partial charge in [0.1, 0.15) is 11.6 Å². The van der Waals surface area contributed by atoms with Crippen LogP contribution in [0.15, 0.2) is 52.5 Å². The molecule has 30 heavy (non-hydrogen) atoms. The molecule has 0 aliphatic heterocycles. The van der Waals surface area contributed by atoms with Gasteiger partial charge in [0.2, 0.25) is 0 Å².